The van der Waals surface area contributed by atoms with Crippen molar-refractivity contribution in [2.75, 3.05) is 20.2 Å². The number of ether oxygens (including phenoxy) is 1. The minimum Gasteiger partial charge on any atom is -0.497 e. The molecule has 0 unspecified atom stereocenters. The number of aromatic nitrogens is 3. The van der Waals surface area contributed by atoms with Gasteiger partial charge in [0.1, 0.15) is 23.8 Å². The average molecular weight is 414 g/mol. The monoisotopic (exact) mass is 414 g/mol. The second-order valence-corrected chi connectivity index (χ2v) is 8.81. The van der Waals surface area contributed by atoms with Crippen LogP contribution in [0, 0.1) is 0 Å². The molecular formula is C22H27FN4O3. The number of likely N-dealkylation sites (tertiary alicyclic amines) is 1. The van der Waals surface area contributed by atoms with E-state index in [0.29, 0.717) is 38.2 Å². The third-order valence-corrected chi connectivity index (χ3v) is 6.87. The summed E-state index contributed by atoms with van der Waals surface area (Å²) in [4.78, 5) is 27.8. The zero-order valence-electron chi connectivity index (χ0n) is 17.2. The summed E-state index contributed by atoms with van der Waals surface area (Å²) >= 11 is 0. The molecule has 1 saturated carbocycles. The standard InChI is InChI=1S/C22H27FN4O3/c1-30-17-7-5-15(6-8-17)22(10-11-22)14-26-21(29)27-18(3-2-4-19(27)24-26)20(28)25-12-9-16(23)13-25/h5-8,16,18H,2-4,9-14H2,1H3/t16-,18-/m0/s1. The smallest absolute Gasteiger partial charge is 0.346 e. The molecule has 2 fully saturated rings. The lowest BCUT2D eigenvalue weighted by Gasteiger charge is -2.27. The first-order valence-corrected chi connectivity index (χ1v) is 10.8. The number of nitrogens with zero attached hydrogens (tertiary/aromatic N) is 4. The molecule has 0 radical (unpaired) electrons. The second-order valence-electron chi connectivity index (χ2n) is 8.81. The number of rotatable bonds is 5. The number of carbonyl (C=O) groups excluding carboxylic acids is 1. The van der Waals surface area contributed by atoms with Crippen molar-refractivity contribution in [3.05, 3.63) is 46.1 Å². The van der Waals surface area contributed by atoms with E-state index in [1.807, 2.05) is 12.1 Å². The van der Waals surface area contributed by atoms with E-state index in [9.17, 15) is 14.0 Å². The molecule has 2 aliphatic heterocycles. The summed E-state index contributed by atoms with van der Waals surface area (Å²) in [6.45, 7) is 1.07. The van der Waals surface area contributed by atoms with Gasteiger partial charge in [-0.2, -0.15) is 5.10 Å². The summed E-state index contributed by atoms with van der Waals surface area (Å²) in [5.41, 5.74) is 0.870. The molecule has 1 aromatic heterocycles. The maximum absolute atomic E-state index is 13.6. The Labute approximate surface area is 174 Å². The van der Waals surface area contributed by atoms with E-state index in [1.165, 1.54) is 5.56 Å². The first-order valence-electron chi connectivity index (χ1n) is 10.8. The number of aryl methyl sites for hydroxylation is 1. The highest BCUT2D eigenvalue weighted by Gasteiger charge is 2.46. The number of hydrogen-bond donors (Lipinski definition) is 0. The van der Waals surface area contributed by atoms with Crippen LogP contribution < -0.4 is 10.4 Å². The third kappa shape index (κ3) is 3.22. The zero-order valence-corrected chi connectivity index (χ0v) is 17.2. The van der Waals surface area contributed by atoms with Crippen LogP contribution in [0.4, 0.5) is 4.39 Å². The van der Waals surface area contributed by atoms with Crippen molar-refractivity contribution in [2.24, 2.45) is 0 Å². The van der Waals surface area contributed by atoms with Crippen LogP contribution in [0.15, 0.2) is 29.1 Å². The number of hydrogen-bond acceptors (Lipinski definition) is 4. The molecule has 2 aromatic rings. The molecule has 1 saturated heterocycles. The van der Waals surface area contributed by atoms with Crippen LogP contribution in [0.2, 0.25) is 0 Å². The van der Waals surface area contributed by atoms with Gasteiger partial charge in [-0.15, -0.1) is 0 Å². The Bertz CT molecular complexity index is 1010. The number of alkyl halides is 1. The summed E-state index contributed by atoms with van der Waals surface area (Å²) in [6, 6.07) is 7.44. The van der Waals surface area contributed by atoms with Gasteiger partial charge in [0.2, 0.25) is 5.91 Å². The Morgan fingerprint density at radius 2 is 2.03 bits per heavy atom. The summed E-state index contributed by atoms with van der Waals surface area (Å²) in [5.74, 6) is 1.34. The van der Waals surface area contributed by atoms with Crippen molar-refractivity contribution in [3.8, 4) is 5.75 Å². The molecule has 0 N–H and O–H groups in total. The molecule has 30 heavy (non-hydrogen) atoms. The Morgan fingerprint density at radius 1 is 1.27 bits per heavy atom. The minimum atomic E-state index is -0.962. The molecule has 1 amide bonds. The largest absolute Gasteiger partial charge is 0.497 e. The number of amides is 1. The molecule has 3 heterocycles. The number of halogens is 1. The highest BCUT2D eigenvalue weighted by molar-refractivity contribution is 5.81. The van der Waals surface area contributed by atoms with Gasteiger partial charge in [0.25, 0.3) is 0 Å². The fourth-order valence-electron chi connectivity index (χ4n) is 4.92. The Morgan fingerprint density at radius 3 is 2.67 bits per heavy atom. The van der Waals surface area contributed by atoms with E-state index < -0.39 is 12.2 Å². The van der Waals surface area contributed by atoms with Gasteiger partial charge in [0, 0.05) is 18.4 Å². The van der Waals surface area contributed by atoms with Gasteiger partial charge >= 0.3 is 5.69 Å². The molecule has 160 valence electrons. The van der Waals surface area contributed by atoms with Crippen LogP contribution in [0.1, 0.15) is 49.5 Å². The molecule has 0 bridgehead atoms. The summed E-state index contributed by atoms with van der Waals surface area (Å²) < 4.78 is 22.0. The minimum absolute atomic E-state index is 0.0868. The molecule has 2 atom stereocenters. The SMILES string of the molecule is COc1ccc(C2(Cn3nc4n(c3=O)[C@H](C(=O)N3CC[C@H](F)C3)CCC4)CC2)cc1. The first-order chi connectivity index (χ1) is 14.5. The van der Waals surface area contributed by atoms with Gasteiger partial charge in [0.05, 0.1) is 20.2 Å². The van der Waals surface area contributed by atoms with Gasteiger partial charge in [-0.1, -0.05) is 12.1 Å². The lowest BCUT2D eigenvalue weighted by atomic mass is 9.96. The second kappa shape index (κ2) is 7.25. The van der Waals surface area contributed by atoms with Crippen molar-refractivity contribution in [1.29, 1.82) is 0 Å². The van der Waals surface area contributed by atoms with Gasteiger partial charge in [0.15, 0.2) is 0 Å². The van der Waals surface area contributed by atoms with Crippen LogP contribution in [-0.2, 0) is 23.2 Å². The molecule has 3 aliphatic rings. The van der Waals surface area contributed by atoms with Crippen LogP contribution in [0.5, 0.6) is 5.75 Å². The fraction of sp³-hybridized carbons (Fsp3) is 0.591. The number of fused-ring (bicyclic) bond motifs is 1. The summed E-state index contributed by atoms with van der Waals surface area (Å²) in [7, 11) is 1.64. The molecule has 1 aromatic carbocycles. The molecule has 8 heteroatoms. The molecule has 1 aliphatic carbocycles. The topological polar surface area (TPSA) is 69.4 Å². The maximum atomic E-state index is 13.6. The fourth-order valence-corrected chi connectivity index (χ4v) is 4.92. The van der Waals surface area contributed by atoms with Crippen LogP contribution >= 0.6 is 0 Å². The van der Waals surface area contributed by atoms with Crippen LogP contribution in [-0.4, -0.2) is 51.5 Å². The predicted molar refractivity (Wildman–Crippen MR) is 108 cm³/mol. The lowest BCUT2D eigenvalue weighted by molar-refractivity contribution is -0.134. The van der Waals surface area contributed by atoms with Crippen molar-refractivity contribution in [2.45, 2.75) is 62.7 Å². The normalized spacial score (nSPS) is 24.5. The predicted octanol–water partition coefficient (Wildman–Crippen LogP) is 2.23. The average Bonchev–Trinajstić information content (AvgIpc) is 3.31. The van der Waals surface area contributed by atoms with E-state index in [-0.39, 0.29) is 23.6 Å². The number of benzene rings is 1. The van der Waals surface area contributed by atoms with E-state index in [0.717, 1.165) is 25.0 Å². The van der Waals surface area contributed by atoms with Gasteiger partial charge in [-0.25, -0.2) is 13.9 Å². The summed E-state index contributed by atoms with van der Waals surface area (Å²) in [6.07, 6.45) is 3.52. The lowest BCUT2D eigenvalue weighted by Crippen LogP contribution is -2.42. The molecule has 7 nitrogen and oxygen atoms in total. The van der Waals surface area contributed by atoms with Crippen molar-refractivity contribution >= 4 is 5.91 Å². The summed E-state index contributed by atoms with van der Waals surface area (Å²) in [5, 5.41) is 4.61. The zero-order chi connectivity index (χ0) is 20.9. The molecule has 0 spiro atoms. The van der Waals surface area contributed by atoms with Crippen molar-refractivity contribution < 1.29 is 13.9 Å². The van der Waals surface area contributed by atoms with Gasteiger partial charge in [-0.05, 0) is 49.8 Å². The van der Waals surface area contributed by atoms with E-state index in [2.05, 4.69) is 17.2 Å². The van der Waals surface area contributed by atoms with Crippen LogP contribution in [0.25, 0.3) is 0 Å². The first kappa shape index (κ1) is 19.3. The van der Waals surface area contributed by atoms with E-state index in [4.69, 9.17) is 4.74 Å². The Hall–Kier alpha value is -2.64. The molecule has 5 rings (SSSR count). The third-order valence-electron chi connectivity index (χ3n) is 6.87. The highest BCUT2D eigenvalue weighted by atomic mass is 19.1. The quantitative estimate of drug-likeness (QED) is 0.753. The van der Waals surface area contributed by atoms with Crippen LogP contribution in [0.3, 0.4) is 0 Å². The Kier molecular flexibility index (Phi) is 4.67. The highest BCUT2D eigenvalue weighted by Crippen LogP contribution is 2.49. The van der Waals surface area contributed by atoms with Crippen molar-refractivity contribution in [3.63, 3.8) is 0 Å². The van der Waals surface area contributed by atoms with E-state index >= 15 is 0 Å². The van der Waals surface area contributed by atoms with Gasteiger partial charge < -0.3 is 9.64 Å². The molecular weight excluding hydrogens is 387 g/mol. The van der Waals surface area contributed by atoms with E-state index in [1.54, 1.807) is 21.3 Å². The van der Waals surface area contributed by atoms with Gasteiger partial charge in [-0.3, -0.25) is 9.36 Å². The number of carbonyl (C=O) groups is 1. The Balaban J connectivity index is 1.41. The van der Waals surface area contributed by atoms with Crippen molar-refractivity contribution in [1.82, 2.24) is 19.2 Å². The maximum Gasteiger partial charge on any atom is 0.346 e. The number of methoxy groups -OCH3 is 1.